The summed E-state index contributed by atoms with van der Waals surface area (Å²) in [6, 6.07) is 12.1. The van der Waals surface area contributed by atoms with Crippen LogP contribution in [0, 0.1) is 0 Å². The van der Waals surface area contributed by atoms with Crippen molar-refractivity contribution in [2.45, 2.75) is 6.92 Å². The summed E-state index contributed by atoms with van der Waals surface area (Å²) >= 11 is 0. The SMILES string of the molecule is C=Cc1cc(C=C)c(C(=O)P(=O)(OCC)c2ccccc2)c(C=C)c1. The van der Waals surface area contributed by atoms with Crippen molar-refractivity contribution in [3.8, 4) is 0 Å². The predicted octanol–water partition coefficient (Wildman–Crippen LogP) is 5.40. The molecule has 0 saturated carbocycles. The third kappa shape index (κ3) is 3.63. The van der Waals surface area contributed by atoms with Gasteiger partial charge in [-0.15, -0.1) is 0 Å². The lowest BCUT2D eigenvalue weighted by molar-refractivity contribution is 0.105. The number of hydrogen-bond donors (Lipinski definition) is 0. The molecule has 128 valence electrons. The first-order valence-electron chi connectivity index (χ1n) is 7.92. The van der Waals surface area contributed by atoms with E-state index in [9.17, 15) is 9.36 Å². The molecule has 0 heterocycles. The van der Waals surface area contributed by atoms with Gasteiger partial charge in [0.1, 0.15) is 0 Å². The Labute approximate surface area is 148 Å². The topological polar surface area (TPSA) is 43.4 Å². The van der Waals surface area contributed by atoms with Crippen molar-refractivity contribution < 1.29 is 13.9 Å². The molecule has 1 atom stereocenters. The Morgan fingerprint density at radius 2 is 1.60 bits per heavy atom. The zero-order valence-electron chi connectivity index (χ0n) is 14.3. The van der Waals surface area contributed by atoms with Crippen molar-refractivity contribution in [2.75, 3.05) is 6.61 Å². The van der Waals surface area contributed by atoms with Gasteiger partial charge in [-0.3, -0.25) is 9.36 Å². The molecule has 0 radical (unpaired) electrons. The van der Waals surface area contributed by atoms with Crippen LogP contribution in [0.3, 0.4) is 0 Å². The molecule has 0 N–H and O–H groups in total. The van der Waals surface area contributed by atoms with Crippen LogP contribution in [-0.2, 0) is 9.09 Å². The number of carbonyl (C=O) groups excluding carboxylic acids is 1. The van der Waals surface area contributed by atoms with E-state index in [0.29, 0.717) is 22.0 Å². The minimum Gasteiger partial charge on any atom is -0.320 e. The van der Waals surface area contributed by atoms with Gasteiger partial charge < -0.3 is 4.52 Å². The van der Waals surface area contributed by atoms with E-state index in [1.807, 2.05) is 0 Å². The van der Waals surface area contributed by atoms with Crippen molar-refractivity contribution in [3.05, 3.63) is 84.5 Å². The highest BCUT2D eigenvalue weighted by molar-refractivity contribution is 7.83. The smallest absolute Gasteiger partial charge is 0.300 e. The summed E-state index contributed by atoms with van der Waals surface area (Å²) < 4.78 is 19.1. The van der Waals surface area contributed by atoms with Gasteiger partial charge in [0.05, 0.1) is 6.61 Å². The van der Waals surface area contributed by atoms with Crippen LogP contribution >= 0.6 is 7.37 Å². The third-order valence-electron chi connectivity index (χ3n) is 3.79. The Bertz CT molecular complexity index is 837. The van der Waals surface area contributed by atoms with Crippen LogP contribution in [0.4, 0.5) is 0 Å². The van der Waals surface area contributed by atoms with E-state index < -0.39 is 12.9 Å². The largest absolute Gasteiger partial charge is 0.320 e. The fourth-order valence-corrected chi connectivity index (χ4v) is 4.58. The summed E-state index contributed by atoms with van der Waals surface area (Å²) in [6.07, 6.45) is 4.80. The van der Waals surface area contributed by atoms with Crippen LogP contribution in [0.2, 0.25) is 0 Å². The first kappa shape index (κ1) is 18.9. The zero-order valence-corrected chi connectivity index (χ0v) is 15.2. The van der Waals surface area contributed by atoms with Gasteiger partial charge in [0.15, 0.2) is 0 Å². The van der Waals surface area contributed by atoms with Crippen molar-refractivity contribution in [3.63, 3.8) is 0 Å². The van der Waals surface area contributed by atoms with Crippen LogP contribution in [0.15, 0.2) is 62.2 Å². The van der Waals surface area contributed by atoms with Gasteiger partial charge in [0, 0.05) is 10.9 Å². The van der Waals surface area contributed by atoms with Crippen LogP contribution in [0.1, 0.15) is 34.0 Å². The Morgan fingerprint density at radius 3 is 2.04 bits per heavy atom. The third-order valence-corrected chi connectivity index (χ3v) is 6.14. The molecule has 25 heavy (non-hydrogen) atoms. The zero-order chi connectivity index (χ0) is 18.4. The fourth-order valence-electron chi connectivity index (χ4n) is 2.60. The standard InChI is InChI=1S/C21H21O3P/c1-5-16-14-17(6-2)20(18(7-3)15-16)21(22)25(23,24-8-4)19-12-10-9-11-13-19/h5-7,9-15H,1-3,8H2,4H3. The maximum absolute atomic E-state index is 13.5. The average Bonchev–Trinajstić information content (AvgIpc) is 2.66. The fraction of sp³-hybridized carbons (Fsp3) is 0.0952. The Balaban J connectivity index is 2.73. The molecule has 2 aromatic carbocycles. The molecule has 0 aliphatic carbocycles. The molecule has 0 saturated heterocycles. The van der Waals surface area contributed by atoms with E-state index in [1.165, 1.54) is 0 Å². The molecule has 1 unspecified atom stereocenters. The molecule has 0 bridgehead atoms. The molecular formula is C21H21O3P. The number of hydrogen-bond acceptors (Lipinski definition) is 3. The lowest BCUT2D eigenvalue weighted by Gasteiger charge is -2.19. The molecule has 4 heteroatoms. The number of carbonyl (C=O) groups is 1. The minimum atomic E-state index is -3.75. The van der Waals surface area contributed by atoms with E-state index in [1.54, 1.807) is 67.6 Å². The molecule has 0 fully saturated rings. The number of rotatable bonds is 8. The lowest BCUT2D eigenvalue weighted by Crippen LogP contribution is -2.17. The van der Waals surface area contributed by atoms with Gasteiger partial charge in [0.2, 0.25) is 0 Å². The summed E-state index contributed by atoms with van der Waals surface area (Å²) in [5.74, 6) is 0. The molecular weight excluding hydrogens is 331 g/mol. The highest BCUT2D eigenvalue weighted by atomic mass is 31.2. The summed E-state index contributed by atoms with van der Waals surface area (Å²) in [5, 5.41) is 0.375. The second kappa shape index (κ2) is 8.06. The van der Waals surface area contributed by atoms with E-state index in [2.05, 4.69) is 19.7 Å². The van der Waals surface area contributed by atoms with Crippen LogP contribution in [-0.4, -0.2) is 12.1 Å². The first-order chi connectivity index (χ1) is 12.0. The van der Waals surface area contributed by atoms with Gasteiger partial charge in [-0.1, -0.05) is 56.2 Å². The molecule has 2 rings (SSSR count). The van der Waals surface area contributed by atoms with Crippen LogP contribution in [0.25, 0.3) is 18.2 Å². The number of benzene rings is 2. The van der Waals surface area contributed by atoms with Crippen molar-refractivity contribution in [1.82, 2.24) is 0 Å². The quantitative estimate of drug-likeness (QED) is 0.598. The molecule has 0 aromatic heterocycles. The van der Waals surface area contributed by atoms with Gasteiger partial charge >= 0.3 is 7.37 Å². The highest BCUT2D eigenvalue weighted by Gasteiger charge is 2.37. The van der Waals surface area contributed by atoms with Crippen molar-refractivity contribution >= 4 is 36.4 Å². The van der Waals surface area contributed by atoms with Crippen molar-refractivity contribution in [1.29, 1.82) is 0 Å². The second-order valence-corrected chi connectivity index (χ2v) is 7.58. The first-order valence-corrected chi connectivity index (χ1v) is 9.54. The van der Waals surface area contributed by atoms with Gasteiger partial charge in [-0.05, 0) is 47.9 Å². The monoisotopic (exact) mass is 352 g/mol. The molecule has 0 amide bonds. The Hall–Kier alpha value is -2.48. The van der Waals surface area contributed by atoms with E-state index in [-0.39, 0.29) is 6.61 Å². The van der Waals surface area contributed by atoms with E-state index >= 15 is 0 Å². The summed E-state index contributed by atoms with van der Waals surface area (Å²) in [4.78, 5) is 13.3. The summed E-state index contributed by atoms with van der Waals surface area (Å²) in [7, 11) is -3.75. The van der Waals surface area contributed by atoms with E-state index in [4.69, 9.17) is 4.52 Å². The molecule has 0 aliphatic heterocycles. The van der Waals surface area contributed by atoms with Crippen LogP contribution < -0.4 is 5.30 Å². The van der Waals surface area contributed by atoms with Gasteiger partial charge in [-0.25, -0.2) is 0 Å². The molecule has 2 aromatic rings. The maximum atomic E-state index is 13.5. The van der Waals surface area contributed by atoms with E-state index in [0.717, 1.165) is 5.56 Å². The Morgan fingerprint density at radius 1 is 1.04 bits per heavy atom. The van der Waals surface area contributed by atoms with Crippen LogP contribution in [0.5, 0.6) is 0 Å². The lowest BCUT2D eigenvalue weighted by atomic mass is 9.98. The Kier molecular flexibility index (Phi) is 6.08. The molecule has 3 nitrogen and oxygen atoms in total. The normalized spacial score (nSPS) is 12.8. The highest BCUT2D eigenvalue weighted by Crippen LogP contribution is 2.50. The minimum absolute atomic E-state index is 0.162. The van der Waals surface area contributed by atoms with Gasteiger partial charge in [-0.2, -0.15) is 0 Å². The summed E-state index contributed by atoms with van der Waals surface area (Å²) in [6.45, 7) is 13.2. The molecule has 0 spiro atoms. The predicted molar refractivity (Wildman–Crippen MR) is 106 cm³/mol. The van der Waals surface area contributed by atoms with Gasteiger partial charge in [0.25, 0.3) is 5.52 Å². The average molecular weight is 352 g/mol. The van der Waals surface area contributed by atoms with Crippen molar-refractivity contribution in [2.24, 2.45) is 0 Å². The maximum Gasteiger partial charge on any atom is 0.300 e. The molecule has 0 aliphatic rings. The summed E-state index contributed by atoms with van der Waals surface area (Å²) in [5.41, 5.74) is 1.73. The second-order valence-electron chi connectivity index (χ2n) is 5.30.